The van der Waals surface area contributed by atoms with E-state index in [0.29, 0.717) is 36.8 Å². The maximum absolute atomic E-state index is 10.2. The Labute approximate surface area is 135 Å². The monoisotopic (exact) mass is 315 g/mol. The SMILES string of the molecule is Cc1cc(C)c(-c2ccc(N3CCOC[C@H]3CO)nn2)c(O)c1. The summed E-state index contributed by atoms with van der Waals surface area (Å²) in [6, 6.07) is 7.35. The van der Waals surface area contributed by atoms with Crippen molar-refractivity contribution >= 4 is 5.82 Å². The van der Waals surface area contributed by atoms with Gasteiger partial charge in [-0.2, -0.15) is 0 Å². The normalized spacial score (nSPS) is 18.2. The lowest BCUT2D eigenvalue weighted by Gasteiger charge is -2.35. The van der Waals surface area contributed by atoms with E-state index in [1.165, 1.54) is 0 Å². The van der Waals surface area contributed by atoms with Crippen LogP contribution in [0.15, 0.2) is 24.3 Å². The quantitative estimate of drug-likeness (QED) is 0.897. The van der Waals surface area contributed by atoms with Crippen molar-refractivity contribution in [1.82, 2.24) is 10.2 Å². The Morgan fingerprint density at radius 2 is 2.09 bits per heavy atom. The van der Waals surface area contributed by atoms with Gasteiger partial charge in [0.15, 0.2) is 5.82 Å². The first kappa shape index (κ1) is 15.7. The zero-order chi connectivity index (χ0) is 16.4. The minimum atomic E-state index is -0.0987. The van der Waals surface area contributed by atoms with Gasteiger partial charge in [0, 0.05) is 12.1 Å². The first-order valence-electron chi connectivity index (χ1n) is 7.69. The maximum atomic E-state index is 10.2. The van der Waals surface area contributed by atoms with E-state index >= 15 is 0 Å². The van der Waals surface area contributed by atoms with Crippen LogP contribution in [0, 0.1) is 13.8 Å². The molecule has 0 aliphatic carbocycles. The number of anilines is 1. The van der Waals surface area contributed by atoms with Gasteiger partial charge in [-0.15, -0.1) is 10.2 Å². The molecule has 1 aromatic carbocycles. The highest BCUT2D eigenvalue weighted by molar-refractivity contribution is 5.71. The number of aryl methyl sites for hydroxylation is 2. The Hall–Kier alpha value is -2.18. The van der Waals surface area contributed by atoms with Crippen molar-refractivity contribution in [2.24, 2.45) is 0 Å². The highest BCUT2D eigenvalue weighted by Crippen LogP contribution is 2.32. The van der Waals surface area contributed by atoms with Crippen molar-refractivity contribution in [1.29, 1.82) is 0 Å². The van der Waals surface area contributed by atoms with Crippen LogP contribution in [0.2, 0.25) is 0 Å². The van der Waals surface area contributed by atoms with E-state index in [9.17, 15) is 10.2 Å². The van der Waals surface area contributed by atoms with E-state index in [0.717, 1.165) is 11.1 Å². The van der Waals surface area contributed by atoms with E-state index in [1.807, 2.05) is 36.9 Å². The van der Waals surface area contributed by atoms with Crippen LogP contribution in [0.1, 0.15) is 11.1 Å². The number of nitrogens with zero attached hydrogens (tertiary/aromatic N) is 3. The molecule has 6 heteroatoms. The van der Waals surface area contributed by atoms with Crippen molar-refractivity contribution in [2.75, 3.05) is 31.3 Å². The van der Waals surface area contributed by atoms with Gasteiger partial charge in [-0.1, -0.05) is 6.07 Å². The molecule has 1 aliphatic heterocycles. The fourth-order valence-electron chi connectivity index (χ4n) is 3.00. The molecule has 0 bridgehead atoms. The van der Waals surface area contributed by atoms with Gasteiger partial charge < -0.3 is 19.8 Å². The Morgan fingerprint density at radius 1 is 1.26 bits per heavy atom. The first-order chi connectivity index (χ1) is 11.1. The minimum absolute atomic E-state index is 0.0152. The lowest BCUT2D eigenvalue weighted by molar-refractivity contribution is 0.0722. The number of aliphatic hydroxyl groups is 1. The number of aliphatic hydroxyl groups excluding tert-OH is 1. The highest BCUT2D eigenvalue weighted by Gasteiger charge is 2.24. The van der Waals surface area contributed by atoms with E-state index < -0.39 is 0 Å². The van der Waals surface area contributed by atoms with Crippen LogP contribution in [-0.2, 0) is 4.74 Å². The number of hydrogen-bond acceptors (Lipinski definition) is 6. The third-order valence-electron chi connectivity index (χ3n) is 4.10. The molecule has 23 heavy (non-hydrogen) atoms. The van der Waals surface area contributed by atoms with Gasteiger partial charge in [0.05, 0.1) is 31.6 Å². The molecule has 2 aromatic rings. The summed E-state index contributed by atoms with van der Waals surface area (Å²) in [6.07, 6.45) is 0. The summed E-state index contributed by atoms with van der Waals surface area (Å²) in [5.41, 5.74) is 3.31. The number of aromatic nitrogens is 2. The number of morpholine rings is 1. The Morgan fingerprint density at radius 3 is 2.74 bits per heavy atom. The van der Waals surface area contributed by atoms with Gasteiger partial charge in [-0.3, -0.25) is 0 Å². The molecule has 1 aliphatic rings. The smallest absolute Gasteiger partial charge is 0.151 e. The molecule has 1 saturated heterocycles. The molecule has 0 spiro atoms. The van der Waals surface area contributed by atoms with E-state index in [1.54, 1.807) is 6.07 Å². The van der Waals surface area contributed by atoms with Gasteiger partial charge in [0.1, 0.15) is 5.75 Å². The van der Waals surface area contributed by atoms with Crippen molar-refractivity contribution in [2.45, 2.75) is 19.9 Å². The van der Waals surface area contributed by atoms with Gasteiger partial charge in [0.25, 0.3) is 0 Å². The van der Waals surface area contributed by atoms with Gasteiger partial charge in [-0.25, -0.2) is 0 Å². The average molecular weight is 315 g/mol. The molecular formula is C17H21N3O3. The maximum Gasteiger partial charge on any atom is 0.151 e. The third-order valence-corrected chi connectivity index (χ3v) is 4.10. The number of ether oxygens (including phenoxy) is 1. The molecule has 6 nitrogen and oxygen atoms in total. The molecule has 3 rings (SSSR count). The molecule has 122 valence electrons. The molecule has 0 saturated carbocycles. The van der Waals surface area contributed by atoms with Crippen molar-refractivity contribution in [3.63, 3.8) is 0 Å². The second kappa shape index (κ2) is 6.52. The second-order valence-corrected chi connectivity index (χ2v) is 5.86. The summed E-state index contributed by atoms with van der Waals surface area (Å²) >= 11 is 0. The summed E-state index contributed by atoms with van der Waals surface area (Å²) in [7, 11) is 0. The van der Waals surface area contributed by atoms with Crippen LogP contribution < -0.4 is 4.90 Å². The predicted molar refractivity (Wildman–Crippen MR) is 87.6 cm³/mol. The largest absolute Gasteiger partial charge is 0.507 e. The number of aromatic hydroxyl groups is 1. The molecule has 0 radical (unpaired) electrons. The molecule has 0 amide bonds. The molecule has 0 unspecified atom stereocenters. The minimum Gasteiger partial charge on any atom is -0.507 e. The summed E-state index contributed by atoms with van der Waals surface area (Å²) in [5, 5.41) is 28.2. The van der Waals surface area contributed by atoms with E-state index in [-0.39, 0.29) is 18.4 Å². The van der Waals surface area contributed by atoms with Gasteiger partial charge in [0.2, 0.25) is 0 Å². The number of hydrogen-bond donors (Lipinski definition) is 2. The summed E-state index contributed by atoms with van der Waals surface area (Å²) in [5.74, 6) is 0.921. The summed E-state index contributed by atoms with van der Waals surface area (Å²) in [4.78, 5) is 2.00. The van der Waals surface area contributed by atoms with E-state index in [2.05, 4.69) is 10.2 Å². The topological polar surface area (TPSA) is 78.7 Å². The van der Waals surface area contributed by atoms with Crippen LogP contribution in [0.4, 0.5) is 5.82 Å². The molecule has 2 heterocycles. The number of phenols is 1. The molecule has 2 N–H and O–H groups in total. The number of rotatable bonds is 3. The van der Waals surface area contributed by atoms with Crippen LogP contribution in [0.25, 0.3) is 11.3 Å². The van der Waals surface area contributed by atoms with Crippen molar-refractivity contribution < 1.29 is 14.9 Å². The zero-order valence-electron chi connectivity index (χ0n) is 13.4. The van der Waals surface area contributed by atoms with Crippen molar-refractivity contribution in [3.8, 4) is 17.0 Å². The van der Waals surface area contributed by atoms with Crippen molar-refractivity contribution in [3.05, 3.63) is 35.4 Å². The summed E-state index contributed by atoms with van der Waals surface area (Å²) in [6.45, 7) is 5.67. The Balaban J connectivity index is 1.91. The standard InChI is InChI=1S/C17H21N3O3/c1-11-7-12(2)17(15(22)8-11)14-3-4-16(19-18-14)20-5-6-23-10-13(20)9-21/h3-4,7-8,13,21-22H,5-6,9-10H2,1-2H3/t13-/m1/s1. The predicted octanol–water partition coefficient (Wildman–Crippen LogP) is 1.66. The average Bonchev–Trinajstić information content (AvgIpc) is 2.54. The fourth-order valence-corrected chi connectivity index (χ4v) is 3.00. The lowest BCUT2D eigenvalue weighted by atomic mass is 10.0. The Bertz CT molecular complexity index is 665. The van der Waals surface area contributed by atoms with Crippen LogP contribution in [0.5, 0.6) is 5.75 Å². The molecule has 1 fully saturated rings. The number of phenolic OH excluding ortho intramolecular Hbond substituents is 1. The van der Waals surface area contributed by atoms with Gasteiger partial charge in [-0.05, 0) is 43.2 Å². The van der Waals surface area contributed by atoms with Crippen LogP contribution >= 0.6 is 0 Å². The number of benzene rings is 1. The molecule has 1 atom stereocenters. The Kier molecular flexibility index (Phi) is 4.45. The zero-order valence-corrected chi connectivity index (χ0v) is 13.4. The van der Waals surface area contributed by atoms with Crippen LogP contribution in [-0.4, -0.2) is 52.8 Å². The highest BCUT2D eigenvalue weighted by atomic mass is 16.5. The first-order valence-corrected chi connectivity index (χ1v) is 7.69. The van der Waals surface area contributed by atoms with Crippen LogP contribution in [0.3, 0.4) is 0 Å². The molecule has 1 aromatic heterocycles. The fraction of sp³-hybridized carbons (Fsp3) is 0.412. The van der Waals surface area contributed by atoms with E-state index in [4.69, 9.17) is 4.74 Å². The molecular weight excluding hydrogens is 294 g/mol. The third kappa shape index (κ3) is 3.13. The second-order valence-electron chi connectivity index (χ2n) is 5.86. The lowest BCUT2D eigenvalue weighted by Crippen LogP contribution is -2.48. The van der Waals surface area contributed by atoms with Gasteiger partial charge >= 0.3 is 0 Å². The summed E-state index contributed by atoms with van der Waals surface area (Å²) < 4.78 is 5.38.